The highest BCUT2D eigenvalue weighted by Gasteiger charge is 2.49. The monoisotopic (exact) mass is 556 g/mol. The molecule has 41 heavy (non-hydrogen) atoms. The van der Waals surface area contributed by atoms with Crippen LogP contribution in [0.4, 0.5) is 0 Å². The molecule has 0 radical (unpaired) electrons. The second-order valence-electron chi connectivity index (χ2n) is 13.3. The van der Waals surface area contributed by atoms with Gasteiger partial charge in [0.15, 0.2) is 0 Å². The van der Waals surface area contributed by atoms with Gasteiger partial charge in [-0.05, 0) is 56.9 Å². The molecule has 2 aromatic heterocycles. The first-order valence-electron chi connectivity index (χ1n) is 15.1. The lowest BCUT2D eigenvalue weighted by Crippen LogP contribution is -2.36. The molecule has 4 aromatic rings. The molecule has 1 aliphatic rings. The van der Waals surface area contributed by atoms with Crippen LogP contribution in [0, 0.1) is 0 Å². The van der Waals surface area contributed by atoms with E-state index >= 15 is 0 Å². The van der Waals surface area contributed by atoms with Gasteiger partial charge in [-0.15, -0.1) is 0 Å². The van der Waals surface area contributed by atoms with Gasteiger partial charge in [0.05, 0.1) is 11.4 Å². The van der Waals surface area contributed by atoms with E-state index in [0.29, 0.717) is 0 Å². The Labute approximate surface area is 248 Å². The standard InChI is InChI=1S/C38H44N2Si/c1-9-41(10-2)35(29-23-17-25-31(39-29)37(3,4)5)33(27-19-13-11-14-20-27)34(28-21-15-12-16-22-28)36(41)30-24-18-26-32(40-30)38(6,7)8/h11-26H,9-10H2,1-8H3. The Hall–Kier alpha value is -3.56. The second kappa shape index (κ2) is 11.0. The number of rotatable bonds is 6. The lowest BCUT2D eigenvalue weighted by Gasteiger charge is -2.33. The molecule has 0 atom stereocenters. The van der Waals surface area contributed by atoms with E-state index in [1.54, 1.807) is 0 Å². The summed E-state index contributed by atoms with van der Waals surface area (Å²) in [4.78, 5) is 10.9. The summed E-state index contributed by atoms with van der Waals surface area (Å²) in [6.07, 6.45) is 0. The summed E-state index contributed by atoms with van der Waals surface area (Å²) in [5.74, 6) is 0. The Bertz CT molecular complexity index is 1480. The van der Waals surface area contributed by atoms with Crippen LogP contribution >= 0.6 is 0 Å². The molecule has 210 valence electrons. The number of benzene rings is 2. The fraction of sp³-hybridized carbons (Fsp3) is 0.316. The number of hydrogen-bond acceptors (Lipinski definition) is 2. The molecular formula is C38H44N2Si. The van der Waals surface area contributed by atoms with Gasteiger partial charge >= 0.3 is 0 Å². The fourth-order valence-electron chi connectivity index (χ4n) is 6.33. The Morgan fingerprint density at radius 3 is 1.17 bits per heavy atom. The minimum Gasteiger partial charge on any atom is -0.253 e. The molecule has 0 unspecified atom stereocenters. The van der Waals surface area contributed by atoms with Crippen molar-refractivity contribution < 1.29 is 0 Å². The third-order valence-corrected chi connectivity index (χ3v) is 13.9. The van der Waals surface area contributed by atoms with E-state index in [0.717, 1.165) is 34.9 Å². The predicted molar refractivity (Wildman–Crippen MR) is 179 cm³/mol. The molecule has 5 rings (SSSR count). The number of aromatic nitrogens is 2. The number of allylic oxidation sites excluding steroid dienone is 2. The van der Waals surface area contributed by atoms with Crippen LogP contribution in [-0.2, 0) is 10.8 Å². The van der Waals surface area contributed by atoms with Gasteiger partial charge in [-0.25, -0.2) is 0 Å². The Kier molecular flexibility index (Phi) is 7.78. The summed E-state index contributed by atoms with van der Waals surface area (Å²) < 4.78 is 0. The molecule has 0 amide bonds. The maximum Gasteiger partial charge on any atom is 0.124 e. The zero-order chi connectivity index (χ0) is 29.4. The maximum absolute atomic E-state index is 5.44. The second-order valence-corrected chi connectivity index (χ2v) is 17.9. The van der Waals surface area contributed by atoms with Crippen molar-refractivity contribution in [3.05, 3.63) is 131 Å². The molecule has 0 N–H and O–H groups in total. The molecule has 2 nitrogen and oxygen atoms in total. The van der Waals surface area contributed by atoms with Crippen LogP contribution in [0.1, 0.15) is 89.3 Å². The van der Waals surface area contributed by atoms with Crippen molar-refractivity contribution in [3.63, 3.8) is 0 Å². The summed E-state index contributed by atoms with van der Waals surface area (Å²) in [5, 5.41) is 2.91. The van der Waals surface area contributed by atoms with E-state index in [2.05, 4.69) is 152 Å². The summed E-state index contributed by atoms with van der Waals surface area (Å²) >= 11 is 0. The van der Waals surface area contributed by atoms with Crippen LogP contribution in [0.3, 0.4) is 0 Å². The van der Waals surface area contributed by atoms with E-state index in [1.807, 2.05) is 0 Å². The van der Waals surface area contributed by atoms with Gasteiger partial charge in [-0.1, -0.05) is 140 Å². The summed E-state index contributed by atoms with van der Waals surface area (Å²) in [6.45, 7) is 18.3. The van der Waals surface area contributed by atoms with E-state index in [1.165, 1.54) is 32.7 Å². The zero-order valence-electron chi connectivity index (χ0n) is 26.0. The van der Waals surface area contributed by atoms with Crippen LogP contribution in [0.15, 0.2) is 97.1 Å². The molecule has 3 heteroatoms. The number of pyridine rings is 2. The van der Waals surface area contributed by atoms with Gasteiger partial charge in [-0.3, -0.25) is 9.97 Å². The maximum atomic E-state index is 5.44. The molecule has 0 saturated carbocycles. The van der Waals surface area contributed by atoms with Crippen molar-refractivity contribution in [1.82, 2.24) is 9.97 Å². The normalized spacial score (nSPS) is 15.5. The van der Waals surface area contributed by atoms with Gasteiger partial charge in [0.2, 0.25) is 0 Å². The molecular weight excluding hydrogens is 513 g/mol. The zero-order valence-corrected chi connectivity index (χ0v) is 27.0. The topological polar surface area (TPSA) is 25.8 Å². The van der Waals surface area contributed by atoms with Crippen LogP contribution in [0.2, 0.25) is 12.1 Å². The van der Waals surface area contributed by atoms with Gasteiger partial charge in [0, 0.05) is 22.2 Å². The molecule has 0 bridgehead atoms. The highest BCUT2D eigenvalue weighted by molar-refractivity contribution is 7.14. The SMILES string of the molecule is CC[Si]1(CC)C(c2cccc(C(C)(C)C)n2)=C(c2ccccc2)C(c2ccccc2)=C1c1cccc(C(C)(C)C)n1. The van der Waals surface area contributed by atoms with Crippen molar-refractivity contribution in [3.8, 4) is 0 Å². The molecule has 0 saturated heterocycles. The third kappa shape index (κ3) is 5.28. The lowest BCUT2D eigenvalue weighted by atomic mass is 9.89. The van der Waals surface area contributed by atoms with Gasteiger partial charge < -0.3 is 0 Å². The van der Waals surface area contributed by atoms with Crippen molar-refractivity contribution in [2.24, 2.45) is 0 Å². The highest BCUT2D eigenvalue weighted by Crippen LogP contribution is 2.57. The fourth-order valence-corrected chi connectivity index (χ4v) is 11.2. The van der Waals surface area contributed by atoms with Gasteiger partial charge in [0.25, 0.3) is 0 Å². The third-order valence-electron chi connectivity index (χ3n) is 8.59. The first-order valence-corrected chi connectivity index (χ1v) is 17.5. The Morgan fingerprint density at radius 1 is 0.488 bits per heavy atom. The predicted octanol–water partition coefficient (Wildman–Crippen LogP) is 10.2. The summed E-state index contributed by atoms with van der Waals surface area (Å²) in [6, 6.07) is 37.5. The van der Waals surface area contributed by atoms with Crippen molar-refractivity contribution >= 4 is 29.6 Å². The molecule has 0 fully saturated rings. The Balaban J connectivity index is 1.96. The quantitative estimate of drug-likeness (QED) is 0.221. The van der Waals surface area contributed by atoms with Crippen LogP contribution in [0.5, 0.6) is 0 Å². The Morgan fingerprint density at radius 2 is 0.854 bits per heavy atom. The van der Waals surface area contributed by atoms with E-state index in [-0.39, 0.29) is 10.8 Å². The van der Waals surface area contributed by atoms with Gasteiger partial charge in [-0.2, -0.15) is 0 Å². The summed E-state index contributed by atoms with van der Waals surface area (Å²) in [5.41, 5.74) is 9.63. The van der Waals surface area contributed by atoms with Crippen LogP contribution < -0.4 is 0 Å². The molecule has 0 aliphatic carbocycles. The van der Waals surface area contributed by atoms with Crippen molar-refractivity contribution in [2.75, 3.05) is 0 Å². The largest absolute Gasteiger partial charge is 0.253 e. The van der Waals surface area contributed by atoms with E-state index < -0.39 is 8.07 Å². The molecule has 1 aliphatic heterocycles. The minimum atomic E-state index is -2.34. The van der Waals surface area contributed by atoms with Crippen molar-refractivity contribution in [1.29, 1.82) is 0 Å². The van der Waals surface area contributed by atoms with Crippen LogP contribution in [0.25, 0.3) is 21.5 Å². The lowest BCUT2D eigenvalue weighted by molar-refractivity contribution is 0.568. The average molecular weight is 557 g/mol. The van der Waals surface area contributed by atoms with E-state index in [9.17, 15) is 0 Å². The molecule has 0 spiro atoms. The minimum absolute atomic E-state index is 0.0359. The average Bonchev–Trinajstić information content (AvgIpc) is 3.29. The number of nitrogens with zero attached hydrogens (tertiary/aromatic N) is 2. The smallest absolute Gasteiger partial charge is 0.124 e. The first kappa shape index (κ1) is 28.9. The number of hydrogen-bond donors (Lipinski definition) is 0. The first-order chi connectivity index (χ1) is 19.5. The van der Waals surface area contributed by atoms with Gasteiger partial charge in [0.1, 0.15) is 8.07 Å². The van der Waals surface area contributed by atoms with Crippen molar-refractivity contribution in [2.45, 2.75) is 78.3 Å². The van der Waals surface area contributed by atoms with E-state index in [4.69, 9.17) is 9.97 Å². The van der Waals surface area contributed by atoms with Crippen LogP contribution in [-0.4, -0.2) is 18.0 Å². The molecule has 2 aromatic carbocycles. The summed E-state index contributed by atoms with van der Waals surface area (Å²) in [7, 11) is -2.34. The molecule has 3 heterocycles. The highest BCUT2D eigenvalue weighted by atomic mass is 28.3.